The summed E-state index contributed by atoms with van der Waals surface area (Å²) in [5, 5.41) is 8.19. The summed E-state index contributed by atoms with van der Waals surface area (Å²) in [6.45, 7) is 4.24. The van der Waals surface area contributed by atoms with Crippen LogP contribution in [0.4, 0.5) is 0 Å². The van der Waals surface area contributed by atoms with Gasteiger partial charge in [-0.3, -0.25) is 0 Å². The Hall–Kier alpha value is -0.980. The highest BCUT2D eigenvalue weighted by molar-refractivity contribution is 9.10. The van der Waals surface area contributed by atoms with Crippen LogP contribution >= 0.6 is 39.1 Å². The van der Waals surface area contributed by atoms with E-state index in [-0.39, 0.29) is 0 Å². The summed E-state index contributed by atoms with van der Waals surface area (Å²) < 4.78 is 12.7. The summed E-state index contributed by atoms with van der Waals surface area (Å²) >= 11 is 15.9. The number of hydrogen-bond donors (Lipinski definition) is 2. The molecule has 0 bridgehead atoms. The van der Waals surface area contributed by atoms with E-state index in [0.29, 0.717) is 34.9 Å². The highest BCUT2D eigenvalue weighted by Crippen LogP contribution is 2.37. The van der Waals surface area contributed by atoms with Crippen LogP contribution in [-0.4, -0.2) is 26.7 Å². The van der Waals surface area contributed by atoms with E-state index >= 15 is 0 Å². The first-order chi connectivity index (χ1) is 13.6. The topological polar surface area (TPSA) is 42.5 Å². The number of halogens is 3. The van der Waals surface area contributed by atoms with Crippen LogP contribution in [0.15, 0.2) is 34.8 Å². The third kappa shape index (κ3) is 5.77. The molecule has 0 amide bonds. The fourth-order valence-electron chi connectivity index (χ4n) is 3.34. The lowest BCUT2D eigenvalue weighted by Crippen LogP contribution is -2.33. The fourth-order valence-corrected chi connectivity index (χ4v) is 4.26. The Kier molecular flexibility index (Phi) is 8.30. The van der Waals surface area contributed by atoms with Crippen LogP contribution in [0.3, 0.4) is 0 Å². The molecule has 2 N–H and O–H groups in total. The van der Waals surface area contributed by atoms with Crippen LogP contribution in [0.25, 0.3) is 0 Å². The molecular formula is C21H25BrCl2N2O2. The van der Waals surface area contributed by atoms with Crippen molar-refractivity contribution in [3.63, 3.8) is 0 Å². The van der Waals surface area contributed by atoms with Gasteiger partial charge in [-0.15, -0.1) is 0 Å². The minimum atomic E-state index is 0.337. The number of piperidine rings is 1. The zero-order valence-corrected chi connectivity index (χ0v) is 19.0. The van der Waals surface area contributed by atoms with Crippen LogP contribution < -0.4 is 20.1 Å². The molecule has 152 valence electrons. The number of methoxy groups -OCH3 is 1. The largest absolute Gasteiger partial charge is 0.493 e. The van der Waals surface area contributed by atoms with E-state index in [1.165, 1.54) is 12.8 Å². The average Bonchev–Trinajstić information content (AvgIpc) is 2.70. The monoisotopic (exact) mass is 486 g/mol. The van der Waals surface area contributed by atoms with Crippen molar-refractivity contribution in [3.05, 3.63) is 56.0 Å². The van der Waals surface area contributed by atoms with Gasteiger partial charge in [0.15, 0.2) is 11.5 Å². The maximum absolute atomic E-state index is 6.29. The van der Waals surface area contributed by atoms with Crippen LogP contribution in [0.5, 0.6) is 11.5 Å². The van der Waals surface area contributed by atoms with Gasteiger partial charge in [0.2, 0.25) is 0 Å². The summed E-state index contributed by atoms with van der Waals surface area (Å²) in [6, 6.07) is 9.30. The second-order valence-corrected chi connectivity index (χ2v) is 8.60. The lowest BCUT2D eigenvalue weighted by molar-refractivity contribution is 0.279. The van der Waals surface area contributed by atoms with Crippen molar-refractivity contribution in [2.75, 3.05) is 26.7 Å². The number of rotatable bonds is 8. The first-order valence-corrected chi connectivity index (χ1v) is 11.0. The number of ether oxygens (including phenoxy) is 2. The molecule has 28 heavy (non-hydrogen) atoms. The van der Waals surface area contributed by atoms with Crippen molar-refractivity contribution in [2.45, 2.75) is 26.0 Å². The van der Waals surface area contributed by atoms with E-state index in [2.05, 4.69) is 26.6 Å². The maximum Gasteiger partial charge on any atom is 0.167 e. The van der Waals surface area contributed by atoms with Gasteiger partial charge in [-0.1, -0.05) is 45.2 Å². The van der Waals surface area contributed by atoms with Gasteiger partial charge >= 0.3 is 0 Å². The first-order valence-electron chi connectivity index (χ1n) is 9.42. The Labute approximate surface area is 185 Å². The van der Waals surface area contributed by atoms with Crippen molar-refractivity contribution in [1.29, 1.82) is 0 Å². The maximum atomic E-state index is 6.29. The summed E-state index contributed by atoms with van der Waals surface area (Å²) in [5.74, 6) is 2.13. The van der Waals surface area contributed by atoms with Gasteiger partial charge in [0, 0.05) is 32.2 Å². The predicted octanol–water partition coefficient (Wildman–Crippen LogP) is 5.43. The number of benzene rings is 2. The van der Waals surface area contributed by atoms with Gasteiger partial charge in [0.05, 0.1) is 7.11 Å². The van der Waals surface area contributed by atoms with Gasteiger partial charge in [-0.2, -0.15) is 0 Å². The summed E-state index contributed by atoms with van der Waals surface area (Å²) in [6.07, 6.45) is 2.43. The molecule has 2 aromatic carbocycles. The Balaban J connectivity index is 1.71. The molecule has 1 aliphatic rings. The zero-order valence-electron chi connectivity index (χ0n) is 15.9. The molecule has 2 aromatic rings. The Morgan fingerprint density at radius 2 is 1.96 bits per heavy atom. The van der Waals surface area contributed by atoms with E-state index in [0.717, 1.165) is 41.0 Å². The standard InChI is InChI=1S/C21H25BrCl2N2O2/c1-27-20-5-4-18(22)17(12-26-11-14-6-8-25-9-7-14)21(20)28-13-15-2-3-16(23)10-19(15)24/h2-5,10,14,25-26H,6-9,11-13H2,1H3. The predicted molar refractivity (Wildman–Crippen MR) is 119 cm³/mol. The molecule has 0 atom stereocenters. The first kappa shape index (κ1) is 21.7. The SMILES string of the molecule is COc1ccc(Br)c(CNCC2CCNCC2)c1OCc1ccc(Cl)cc1Cl. The highest BCUT2D eigenvalue weighted by Gasteiger charge is 2.17. The third-order valence-corrected chi connectivity index (χ3v) is 6.30. The third-order valence-electron chi connectivity index (χ3n) is 4.97. The Morgan fingerprint density at radius 3 is 2.68 bits per heavy atom. The average molecular weight is 488 g/mol. The number of nitrogens with one attached hydrogen (secondary N) is 2. The molecule has 1 fully saturated rings. The van der Waals surface area contributed by atoms with Crippen molar-refractivity contribution in [2.24, 2.45) is 5.92 Å². The van der Waals surface area contributed by atoms with Crippen molar-refractivity contribution < 1.29 is 9.47 Å². The molecule has 0 saturated carbocycles. The van der Waals surface area contributed by atoms with Gasteiger partial charge < -0.3 is 20.1 Å². The van der Waals surface area contributed by atoms with E-state index < -0.39 is 0 Å². The van der Waals surface area contributed by atoms with Gasteiger partial charge in [-0.25, -0.2) is 0 Å². The molecule has 0 unspecified atom stereocenters. The normalized spacial score (nSPS) is 14.9. The van der Waals surface area contributed by atoms with Crippen LogP contribution in [0.1, 0.15) is 24.0 Å². The molecule has 3 rings (SSSR count). The smallest absolute Gasteiger partial charge is 0.167 e. The molecular weight excluding hydrogens is 463 g/mol. The minimum absolute atomic E-state index is 0.337. The summed E-state index contributed by atoms with van der Waals surface area (Å²) in [7, 11) is 1.65. The second kappa shape index (κ2) is 10.7. The Morgan fingerprint density at radius 1 is 1.18 bits per heavy atom. The van der Waals surface area contributed by atoms with Crippen LogP contribution in [0.2, 0.25) is 10.0 Å². The van der Waals surface area contributed by atoms with E-state index in [4.69, 9.17) is 32.7 Å². The summed E-state index contributed by atoms with van der Waals surface area (Å²) in [5.41, 5.74) is 1.92. The fraction of sp³-hybridized carbons (Fsp3) is 0.429. The van der Waals surface area contributed by atoms with E-state index in [1.54, 1.807) is 13.2 Å². The van der Waals surface area contributed by atoms with E-state index in [1.807, 2.05) is 24.3 Å². The molecule has 4 nitrogen and oxygen atoms in total. The van der Waals surface area contributed by atoms with Crippen LogP contribution in [0, 0.1) is 5.92 Å². The molecule has 0 aliphatic carbocycles. The molecule has 1 heterocycles. The molecule has 0 spiro atoms. The lowest BCUT2D eigenvalue weighted by atomic mass is 9.98. The van der Waals surface area contributed by atoms with Crippen LogP contribution in [-0.2, 0) is 13.2 Å². The number of hydrogen-bond acceptors (Lipinski definition) is 4. The lowest BCUT2D eigenvalue weighted by Gasteiger charge is -2.23. The zero-order chi connectivity index (χ0) is 19.9. The van der Waals surface area contributed by atoms with Crippen molar-refractivity contribution in [3.8, 4) is 11.5 Å². The van der Waals surface area contributed by atoms with Crippen molar-refractivity contribution >= 4 is 39.1 Å². The quantitative estimate of drug-likeness (QED) is 0.520. The van der Waals surface area contributed by atoms with Gasteiger partial charge in [-0.05, 0) is 62.7 Å². The molecule has 1 saturated heterocycles. The molecule has 7 heteroatoms. The minimum Gasteiger partial charge on any atom is -0.493 e. The molecule has 0 radical (unpaired) electrons. The van der Waals surface area contributed by atoms with Crippen molar-refractivity contribution in [1.82, 2.24) is 10.6 Å². The van der Waals surface area contributed by atoms with Gasteiger partial charge in [0.25, 0.3) is 0 Å². The highest BCUT2D eigenvalue weighted by atomic mass is 79.9. The second-order valence-electron chi connectivity index (χ2n) is 6.91. The van der Waals surface area contributed by atoms with Gasteiger partial charge in [0.1, 0.15) is 6.61 Å². The molecule has 0 aromatic heterocycles. The summed E-state index contributed by atoms with van der Waals surface area (Å²) in [4.78, 5) is 0. The Bertz CT molecular complexity index is 798. The molecule has 1 aliphatic heterocycles. The van der Waals surface area contributed by atoms with E-state index in [9.17, 15) is 0 Å².